The van der Waals surface area contributed by atoms with Gasteiger partial charge in [0.25, 0.3) is 0 Å². The molecule has 96 valence electrons. The van der Waals surface area contributed by atoms with Crippen LogP contribution in [0.25, 0.3) is 0 Å². The lowest BCUT2D eigenvalue weighted by molar-refractivity contribution is 0.418. The van der Waals surface area contributed by atoms with E-state index in [1.807, 2.05) is 30.3 Å². The number of hydrogen-bond acceptors (Lipinski definition) is 1. The minimum absolute atomic E-state index is 0.549. The number of para-hydroxylation sites is 1. The summed E-state index contributed by atoms with van der Waals surface area (Å²) in [6.45, 7) is 0.904. The van der Waals surface area contributed by atoms with Crippen LogP contribution in [0, 0.1) is 17.8 Å². The molecule has 0 radical (unpaired) electrons. The first-order valence-electron chi connectivity index (χ1n) is 6.95. The molecule has 3 N–H and O–H groups in total. The van der Waals surface area contributed by atoms with Gasteiger partial charge in [0.05, 0.1) is 0 Å². The van der Waals surface area contributed by atoms with Crippen molar-refractivity contribution in [3.63, 3.8) is 0 Å². The highest BCUT2D eigenvalue weighted by molar-refractivity contribution is 5.92. The van der Waals surface area contributed by atoms with Gasteiger partial charge in [-0.3, -0.25) is 4.99 Å². The Kier molecular flexibility index (Phi) is 3.22. The van der Waals surface area contributed by atoms with Crippen LogP contribution in [0.2, 0.25) is 0 Å². The third kappa shape index (κ3) is 3.03. The van der Waals surface area contributed by atoms with Gasteiger partial charge in [0.2, 0.25) is 0 Å². The Morgan fingerprint density at radius 1 is 1.17 bits per heavy atom. The first kappa shape index (κ1) is 11.6. The molecule has 2 saturated carbocycles. The lowest BCUT2D eigenvalue weighted by atomic mass is 9.98. The van der Waals surface area contributed by atoms with Gasteiger partial charge in [0.1, 0.15) is 0 Å². The Balaban J connectivity index is 1.54. The zero-order valence-corrected chi connectivity index (χ0v) is 10.7. The Hall–Kier alpha value is -1.51. The highest BCUT2D eigenvalue weighted by atomic mass is 15.1. The summed E-state index contributed by atoms with van der Waals surface area (Å²) in [4.78, 5) is 4.53. The maximum atomic E-state index is 5.93. The van der Waals surface area contributed by atoms with Gasteiger partial charge < -0.3 is 11.1 Å². The maximum Gasteiger partial charge on any atom is 0.193 e. The van der Waals surface area contributed by atoms with E-state index in [-0.39, 0.29) is 0 Å². The molecule has 3 rings (SSSR count). The quantitative estimate of drug-likeness (QED) is 0.617. The van der Waals surface area contributed by atoms with Crippen molar-refractivity contribution < 1.29 is 0 Å². The molecule has 0 aromatic heterocycles. The second-order valence-electron chi connectivity index (χ2n) is 5.56. The number of rotatable bonds is 5. The summed E-state index contributed by atoms with van der Waals surface area (Å²) in [6.07, 6.45) is 5.62. The third-order valence-electron chi connectivity index (χ3n) is 3.97. The van der Waals surface area contributed by atoms with Crippen molar-refractivity contribution in [1.82, 2.24) is 0 Å². The molecule has 3 heteroatoms. The van der Waals surface area contributed by atoms with E-state index in [0.717, 1.165) is 30.0 Å². The summed E-state index contributed by atoms with van der Waals surface area (Å²) in [7, 11) is 0. The van der Waals surface area contributed by atoms with Crippen molar-refractivity contribution in [1.29, 1.82) is 0 Å². The van der Waals surface area contributed by atoms with Crippen LogP contribution in [-0.2, 0) is 0 Å². The van der Waals surface area contributed by atoms with Crippen molar-refractivity contribution in [2.75, 3.05) is 11.9 Å². The Morgan fingerprint density at radius 2 is 1.78 bits per heavy atom. The molecule has 0 aliphatic heterocycles. The number of guanidine groups is 1. The van der Waals surface area contributed by atoms with Crippen molar-refractivity contribution in [2.24, 2.45) is 28.5 Å². The molecule has 3 nitrogen and oxygen atoms in total. The van der Waals surface area contributed by atoms with Crippen LogP contribution in [0.1, 0.15) is 25.7 Å². The number of benzene rings is 1. The van der Waals surface area contributed by atoms with Crippen molar-refractivity contribution in [2.45, 2.75) is 25.7 Å². The topological polar surface area (TPSA) is 50.4 Å². The average Bonchev–Trinajstić information content (AvgIpc) is 3.25. The van der Waals surface area contributed by atoms with E-state index in [9.17, 15) is 0 Å². The van der Waals surface area contributed by atoms with Crippen LogP contribution in [0.5, 0.6) is 0 Å². The van der Waals surface area contributed by atoms with Crippen LogP contribution < -0.4 is 11.1 Å². The van der Waals surface area contributed by atoms with Crippen LogP contribution >= 0.6 is 0 Å². The summed E-state index contributed by atoms with van der Waals surface area (Å²) in [5, 5.41) is 3.14. The standard InChI is InChI=1S/C15H21N3/c16-15(18-13-4-2-1-3-5-13)17-10-14(11-6-7-11)12-8-9-12/h1-5,11-12,14H,6-10H2,(H3,16,17,18). The van der Waals surface area contributed by atoms with E-state index in [0.29, 0.717) is 5.96 Å². The van der Waals surface area contributed by atoms with Crippen LogP contribution in [0.15, 0.2) is 35.3 Å². The Morgan fingerprint density at radius 3 is 2.33 bits per heavy atom. The van der Waals surface area contributed by atoms with E-state index < -0.39 is 0 Å². The number of hydrogen-bond donors (Lipinski definition) is 2. The first-order valence-corrected chi connectivity index (χ1v) is 6.95. The summed E-state index contributed by atoms with van der Waals surface area (Å²) >= 11 is 0. The number of nitrogens with zero attached hydrogens (tertiary/aromatic N) is 1. The molecule has 0 bridgehead atoms. The van der Waals surface area contributed by atoms with Gasteiger partial charge in [-0.05, 0) is 55.6 Å². The maximum absolute atomic E-state index is 5.93. The average molecular weight is 243 g/mol. The molecular formula is C15H21N3. The van der Waals surface area contributed by atoms with E-state index in [1.165, 1.54) is 25.7 Å². The molecule has 0 saturated heterocycles. The molecule has 0 unspecified atom stereocenters. The highest BCUT2D eigenvalue weighted by Crippen LogP contribution is 2.49. The summed E-state index contributed by atoms with van der Waals surface area (Å²) < 4.78 is 0. The summed E-state index contributed by atoms with van der Waals surface area (Å²) in [5.41, 5.74) is 6.94. The van der Waals surface area contributed by atoms with Gasteiger partial charge in [-0.2, -0.15) is 0 Å². The molecule has 2 fully saturated rings. The lowest BCUT2D eigenvalue weighted by Gasteiger charge is -2.13. The zero-order chi connectivity index (χ0) is 12.4. The monoisotopic (exact) mass is 243 g/mol. The summed E-state index contributed by atoms with van der Waals surface area (Å²) in [6, 6.07) is 9.98. The minimum Gasteiger partial charge on any atom is -0.370 e. The third-order valence-corrected chi connectivity index (χ3v) is 3.97. The van der Waals surface area contributed by atoms with Crippen molar-refractivity contribution >= 4 is 11.6 Å². The molecule has 2 aliphatic carbocycles. The fourth-order valence-corrected chi connectivity index (χ4v) is 2.64. The number of nitrogens with two attached hydrogens (primary N) is 1. The van der Waals surface area contributed by atoms with E-state index in [2.05, 4.69) is 10.3 Å². The zero-order valence-electron chi connectivity index (χ0n) is 10.7. The summed E-state index contributed by atoms with van der Waals surface area (Å²) in [5.74, 6) is 3.21. The van der Waals surface area contributed by atoms with Crippen LogP contribution in [-0.4, -0.2) is 12.5 Å². The van der Waals surface area contributed by atoms with Gasteiger partial charge >= 0.3 is 0 Å². The SMILES string of the molecule is NC(=NCC(C1CC1)C1CC1)Nc1ccccc1. The number of aliphatic imine (C=N–C) groups is 1. The fraction of sp³-hybridized carbons (Fsp3) is 0.533. The molecule has 1 aromatic carbocycles. The normalized spacial score (nSPS) is 20.2. The number of anilines is 1. The molecule has 18 heavy (non-hydrogen) atoms. The van der Waals surface area contributed by atoms with E-state index in [1.54, 1.807) is 0 Å². The minimum atomic E-state index is 0.549. The predicted octanol–water partition coefficient (Wildman–Crippen LogP) is 2.85. The van der Waals surface area contributed by atoms with Crippen molar-refractivity contribution in [3.05, 3.63) is 30.3 Å². The van der Waals surface area contributed by atoms with E-state index >= 15 is 0 Å². The molecule has 0 atom stereocenters. The largest absolute Gasteiger partial charge is 0.370 e. The molecule has 0 amide bonds. The smallest absolute Gasteiger partial charge is 0.193 e. The molecule has 0 spiro atoms. The second kappa shape index (κ2) is 5.01. The van der Waals surface area contributed by atoms with Crippen molar-refractivity contribution in [3.8, 4) is 0 Å². The fourth-order valence-electron chi connectivity index (χ4n) is 2.64. The molecule has 0 heterocycles. The van der Waals surface area contributed by atoms with Gasteiger partial charge in [0, 0.05) is 12.2 Å². The highest BCUT2D eigenvalue weighted by Gasteiger charge is 2.41. The van der Waals surface area contributed by atoms with Crippen LogP contribution in [0.4, 0.5) is 5.69 Å². The molecule has 1 aromatic rings. The molecular weight excluding hydrogens is 222 g/mol. The van der Waals surface area contributed by atoms with Gasteiger partial charge in [-0.1, -0.05) is 18.2 Å². The Labute approximate surface area is 108 Å². The Bertz CT molecular complexity index is 407. The number of nitrogens with one attached hydrogen (secondary N) is 1. The van der Waals surface area contributed by atoms with Crippen LogP contribution in [0.3, 0.4) is 0 Å². The second-order valence-corrected chi connectivity index (χ2v) is 5.56. The van der Waals surface area contributed by atoms with Gasteiger partial charge in [0.15, 0.2) is 5.96 Å². The first-order chi connectivity index (χ1) is 8.83. The van der Waals surface area contributed by atoms with Gasteiger partial charge in [-0.15, -0.1) is 0 Å². The molecule has 2 aliphatic rings. The lowest BCUT2D eigenvalue weighted by Crippen LogP contribution is -2.24. The predicted molar refractivity (Wildman–Crippen MR) is 75.5 cm³/mol. The van der Waals surface area contributed by atoms with Gasteiger partial charge in [-0.25, -0.2) is 0 Å². The van der Waals surface area contributed by atoms with E-state index in [4.69, 9.17) is 5.73 Å².